The number of carbonyl (C=O) groups excluding carboxylic acids is 1. The Kier molecular flexibility index (Phi) is 5.81. The number of carbonyl (C=O) groups is 1. The van der Waals surface area contributed by atoms with E-state index in [2.05, 4.69) is 32.1 Å². The second-order valence-corrected chi connectivity index (χ2v) is 10.4. The van der Waals surface area contributed by atoms with Gasteiger partial charge in [-0.2, -0.15) is 0 Å². The van der Waals surface area contributed by atoms with Gasteiger partial charge in [-0.05, 0) is 67.6 Å². The molecule has 3 heteroatoms. The lowest BCUT2D eigenvalue weighted by molar-refractivity contribution is -0.129. The third-order valence-electron chi connectivity index (χ3n) is 8.71. The number of amides is 1. The molecule has 0 radical (unpaired) electrons. The first kappa shape index (κ1) is 20.9. The van der Waals surface area contributed by atoms with Gasteiger partial charge in [-0.15, -0.1) is 0 Å². The van der Waals surface area contributed by atoms with Crippen LogP contribution in [0.2, 0.25) is 0 Å². The molecular formula is C26H39NO2. The van der Waals surface area contributed by atoms with Crippen LogP contribution in [0, 0.1) is 22.7 Å². The molecule has 160 valence electrons. The fourth-order valence-electron chi connectivity index (χ4n) is 6.77. The molecule has 0 unspecified atom stereocenters. The van der Waals surface area contributed by atoms with Gasteiger partial charge in [0.1, 0.15) is 0 Å². The maximum Gasteiger partial charge on any atom is 0.224 e. The summed E-state index contributed by atoms with van der Waals surface area (Å²) in [5.41, 5.74) is 5.81. The normalized spacial score (nSPS) is 35.7. The number of nitrogens with zero attached hydrogens (tertiary/aromatic N) is 1. The Bertz CT molecular complexity index is 746. The van der Waals surface area contributed by atoms with Crippen molar-refractivity contribution < 1.29 is 9.53 Å². The molecule has 2 fully saturated rings. The molecule has 4 aliphatic carbocycles. The lowest BCUT2D eigenvalue weighted by Crippen LogP contribution is -2.44. The van der Waals surface area contributed by atoms with Crippen molar-refractivity contribution in [3.8, 4) is 0 Å². The fraction of sp³-hybridized carbons (Fsp3) is 0.731. The third kappa shape index (κ3) is 3.65. The summed E-state index contributed by atoms with van der Waals surface area (Å²) in [6, 6.07) is 0. The largest absolute Gasteiger partial charge is 0.381 e. The number of fused-ring (bicyclic) bond motifs is 5. The minimum atomic E-state index is 0.142. The monoisotopic (exact) mass is 397 g/mol. The molecular weight excluding hydrogens is 358 g/mol. The number of allylic oxidation sites excluding steroid dienone is 5. The van der Waals surface area contributed by atoms with Gasteiger partial charge in [0, 0.05) is 14.1 Å². The minimum absolute atomic E-state index is 0.142. The Balaban J connectivity index is 1.38. The van der Waals surface area contributed by atoms with Crippen LogP contribution < -0.4 is 0 Å². The maximum absolute atomic E-state index is 11.7. The highest BCUT2D eigenvalue weighted by atomic mass is 16.5. The summed E-state index contributed by atoms with van der Waals surface area (Å²) >= 11 is 0. The van der Waals surface area contributed by atoms with Crippen LogP contribution in [0.1, 0.15) is 71.6 Å². The van der Waals surface area contributed by atoms with Gasteiger partial charge in [-0.3, -0.25) is 4.79 Å². The second-order valence-electron chi connectivity index (χ2n) is 10.4. The van der Waals surface area contributed by atoms with E-state index >= 15 is 0 Å². The van der Waals surface area contributed by atoms with Crippen LogP contribution in [0.4, 0.5) is 0 Å². The van der Waals surface area contributed by atoms with E-state index in [-0.39, 0.29) is 5.91 Å². The van der Waals surface area contributed by atoms with Crippen molar-refractivity contribution in [1.29, 1.82) is 0 Å². The summed E-state index contributed by atoms with van der Waals surface area (Å²) in [5, 5.41) is 0. The van der Waals surface area contributed by atoms with Gasteiger partial charge >= 0.3 is 0 Å². The molecule has 1 amide bonds. The molecule has 4 rings (SSSR count). The first-order chi connectivity index (χ1) is 13.9. The van der Waals surface area contributed by atoms with E-state index in [0.717, 1.165) is 18.9 Å². The van der Waals surface area contributed by atoms with Crippen molar-refractivity contribution in [2.45, 2.75) is 71.6 Å². The van der Waals surface area contributed by atoms with Gasteiger partial charge < -0.3 is 9.64 Å². The molecule has 0 bridgehead atoms. The molecule has 3 nitrogen and oxygen atoms in total. The molecule has 0 aliphatic heterocycles. The Hall–Kier alpha value is -1.35. The van der Waals surface area contributed by atoms with Crippen molar-refractivity contribution >= 4 is 5.91 Å². The quantitative estimate of drug-likeness (QED) is 0.426. The van der Waals surface area contributed by atoms with Gasteiger partial charge in [-0.1, -0.05) is 55.2 Å². The van der Waals surface area contributed by atoms with Crippen LogP contribution in [0.25, 0.3) is 0 Å². The predicted octanol–water partition coefficient (Wildman–Crippen LogP) is 5.68. The zero-order chi connectivity index (χ0) is 20.6. The summed E-state index contributed by atoms with van der Waals surface area (Å²) in [5.74, 6) is 1.59. The predicted molar refractivity (Wildman–Crippen MR) is 119 cm³/mol. The van der Waals surface area contributed by atoms with Gasteiger partial charge in [0.25, 0.3) is 0 Å². The van der Waals surface area contributed by atoms with Crippen molar-refractivity contribution in [1.82, 2.24) is 4.90 Å². The highest BCUT2D eigenvalue weighted by Gasteiger charge is 2.53. The van der Waals surface area contributed by atoms with Crippen molar-refractivity contribution in [3.63, 3.8) is 0 Å². The highest BCUT2D eigenvalue weighted by Crippen LogP contribution is 2.63. The Morgan fingerprint density at radius 3 is 2.72 bits per heavy atom. The lowest BCUT2D eigenvalue weighted by atomic mass is 9.50. The standard InChI is InChI=1S/C26H39NO2/c1-25-15-6-5-7-19(25)8-10-21-22-11-9-20(26(22,2)16-12-23(21)25)13-17-29-18-14-24(28)27(3)4/h8-10,22-23H,5-7,11-18H2,1-4H3/t22-,23-,25-,26+/m0/s1. The van der Waals surface area contributed by atoms with Crippen molar-refractivity contribution in [2.75, 3.05) is 27.3 Å². The van der Waals surface area contributed by atoms with E-state index in [1.54, 1.807) is 35.7 Å². The summed E-state index contributed by atoms with van der Waals surface area (Å²) in [6.07, 6.45) is 18.4. The van der Waals surface area contributed by atoms with Crippen LogP contribution in [-0.2, 0) is 9.53 Å². The summed E-state index contributed by atoms with van der Waals surface area (Å²) in [6.45, 7) is 6.33. The summed E-state index contributed by atoms with van der Waals surface area (Å²) in [4.78, 5) is 13.3. The van der Waals surface area contributed by atoms with Crippen LogP contribution in [0.5, 0.6) is 0 Å². The topological polar surface area (TPSA) is 29.5 Å². The van der Waals surface area contributed by atoms with E-state index in [1.807, 2.05) is 0 Å². The highest BCUT2D eigenvalue weighted by molar-refractivity contribution is 5.75. The van der Waals surface area contributed by atoms with Crippen LogP contribution in [0.15, 0.2) is 34.9 Å². The lowest BCUT2D eigenvalue weighted by Gasteiger charge is -2.54. The molecule has 2 saturated carbocycles. The van der Waals surface area contributed by atoms with E-state index < -0.39 is 0 Å². The second kappa shape index (κ2) is 8.06. The van der Waals surface area contributed by atoms with Crippen molar-refractivity contribution in [3.05, 3.63) is 34.9 Å². The summed E-state index contributed by atoms with van der Waals surface area (Å²) in [7, 11) is 3.60. The first-order valence-electron chi connectivity index (χ1n) is 11.7. The molecule has 4 atom stereocenters. The van der Waals surface area contributed by atoms with Crippen molar-refractivity contribution in [2.24, 2.45) is 22.7 Å². The van der Waals surface area contributed by atoms with E-state index in [0.29, 0.717) is 29.8 Å². The Morgan fingerprint density at radius 1 is 1.10 bits per heavy atom. The molecule has 4 aliphatic rings. The van der Waals surface area contributed by atoms with Gasteiger partial charge in [0.05, 0.1) is 19.6 Å². The Labute approximate surface area is 177 Å². The molecule has 29 heavy (non-hydrogen) atoms. The molecule has 0 aromatic rings. The Morgan fingerprint density at radius 2 is 1.93 bits per heavy atom. The first-order valence-corrected chi connectivity index (χ1v) is 11.7. The van der Waals surface area contributed by atoms with E-state index in [4.69, 9.17) is 4.74 Å². The molecule has 0 saturated heterocycles. The number of ether oxygens (including phenoxy) is 1. The number of hydrogen-bond donors (Lipinski definition) is 0. The zero-order valence-corrected chi connectivity index (χ0v) is 18.9. The van der Waals surface area contributed by atoms with Gasteiger partial charge in [0.2, 0.25) is 5.91 Å². The van der Waals surface area contributed by atoms with Gasteiger partial charge in [0.15, 0.2) is 0 Å². The molecule has 0 aromatic heterocycles. The minimum Gasteiger partial charge on any atom is -0.381 e. The fourth-order valence-corrected chi connectivity index (χ4v) is 6.77. The average Bonchev–Trinajstić information content (AvgIpc) is 3.03. The number of hydrogen-bond acceptors (Lipinski definition) is 2. The van der Waals surface area contributed by atoms with Crippen LogP contribution in [0.3, 0.4) is 0 Å². The molecule has 0 N–H and O–H groups in total. The zero-order valence-electron chi connectivity index (χ0n) is 18.9. The molecule has 0 heterocycles. The summed E-state index contributed by atoms with van der Waals surface area (Å²) < 4.78 is 5.82. The third-order valence-corrected chi connectivity index (χ3v) is 8.71. The smallest absolute Gasteiger partial charge is 0.224 e. The van der Waals surface area contributed by atoms with E-state index in [9.17, 15) is 4.79 Å². The van der Waals surface area contributed by atoms with Crippen LogP contribution in [-0.4, -0.2) is 38.1 Å². The molecule has 0 spiro atoms. The van der Waals surface area contributed by atoms with Crippen LogP contribution >= 0.6 is 0 Å². The average molecular weight is 398 g/mol. The number of rotatable bonds is 6. The van der Waals surface area contributed by atoms with E-state index in [1.165, 1.54) is 44.9 Å². The molecule has 0 aromatic carbocycles. The maximum atomic E-state index is 11.7. The van der Waals surface area contributed by atoms with Gasteiger partial charge in [-0.25, -0.2) is 0 Å². The SMILES string of the molecule is CN(C)C(=O)CCOCCC1=CC[C@H]2C3=CC=C4CCCC[C@]4(C)[C@H]3CC[C@]12C.